The summed E-state index contributed by atoms with van der Waals surface area (Å²) in [6.07, 6.45) is 0.824. The Morgan fingerprint density at radius 2 is 2.26 bits per heavy atom. The van der Waals surface area contributed by atoms with Gasteiger partial charge in [-0.15, -0.1) is 11.3 Å². The van der Waals surface area contributed by atoms with Crippen molar-refractivity contribution in [2.45, 2.75) is 26.8 Å². The molecule has 1 N–H and O–H groups in total. The standard InChI is InChI=1S/C15H17FN2S/c1-9(2)7-17-8-14-18-15-12-4-3-11(16)5-10(12)6-13(15)19-14/h3-5,9,17H,6-8H2,1-2H3. The molecule has 100 valence electrons. The summed E-state index contributed by atoms with van der Waals surface area (Å²) in [6, 6.07) is 4.99. The first-order chi connectivity index (χ1) is 9.13. The van der Waals surface area contributed by atoms with Crippen molar-refractivity contribution in [1.29, 1.82) is 0 Å². The Morgan fingerprint density at radius 1 is 1.42 bits per heavy atom. The molecule has 0 fully saturated rings. The van der Waals surface area contributed by atoms with E-state index in [-0.39, 0.29) is 5.82 Å². The average Bonchev–Trinajstić information content (AvgIpc) is 2.84. The van der Waals surface area contributed by atoms with E-state index in [0.717, 1.165) is 41.3 Å². The van der Waals surface area contributed by atoms with Gasteiger partial charge in [0, 0.05) is 23.4 Å². The number of hydrogen-bond acceptors (Lipinski definition) is 3. The van der Waals surface area contributed by atoms with Gasteiger partial charge in [0.25, 0.3) is 0 Å². The van der Waals surface area contributed by atoms with Gasteiger partial charge in [0.15, 0.2) is 0 Å². The summed E-state index contributed by atoms with van der Waals surface area (Å²) in [5.41, 5.74) is 3.22. The van der Waals surface area contributed by atoms with E-state index in [9.17, 15) is 4.39 Å². The lowest BCUT2D eigenvalue weighted by atomic mass is 10.1. The number of aromatic nitrogens is 1. The third kappa shape index (κ3) is 2.55. The third-order valence-corrected chi connectivity index (χ3v) is 4.30. The van der Waals surface area contributed by atoms with Gasteiger partial charge < -0.3 is 5.32 Å². The lowest BCUT2D eigenvalue weighted by Crippen LogP contribution is -2.18. The van der Waals surface area contributed by atoms with E-state index < -0.39 is 0 Å². The number of hydrogen-bond donors (Lipinski definition) is 1. The van der Waals surface area contributed by atoms with Gasteiger partial charge in [-0.1, -0.05) is 13.8 Å². The Balaban J connectivity index is 1.78. The number of fused-ring (bicyclic) bond motifs is 3. The molecule has 2 aromatic rings. The fourth-order valence-electron chi connectivity index (χ4n) is 2.39. The van der Waals surface area contributed by atoms with Crippen LogP contribution in [0.15, 0.2) is 18.2 Å². The highest BCUT2D eigenvalue weighted by atomic mass is 32.1. The van der Waals surface area contributed by atoms with Crippen molar-refractivity contribution in [1.82, 2.24) is 10.3 Å². The highest BCUT2D eigenvalue weighted by molar-refractivity contribution is 7.12. The quantitative estimate of drug-likeness (QED) is 0.787. The highest BCUT2D eigenvalue weighted by Gasteiger charge is 2.23. The van der Waals surface area contributed by atoms with Crippen LogP contribution in [0, 0.1) is 11.7 Å². The molecule has 1 aromatic carbocycles. The van der Waals surface area contributed by atoms with Crippen molar-refractivity contribution >= 4 is 11.3 Å². The zero-order valence-electron chi connectivity index (χ0n) is 11.2. The monoisotopic (exact) mass is 276 g/mol. The van der Waals surface area contributed by atoms with E-state index in [1.54, 1.807) is 17.4 Å². The molecule has 0 radical (unpaired) electrons. The number of rotatable bonds is 4. The number of nitrogens with zero attached hydrogens (tertiary/aromatic N) is 1. The molecule has 19 heavy (non-hydrogen) atoms. The van der Waals surface area contributed by atoms with E-state index in [4.69, 9.17) is 4.98 Å². The van der Waals surface area contributed by atoms with Crippen molar-refractivity contribution in [3.63, 3.8) is 0 Å². The van der Waals surface area contributed by atoms with E-state index in [0.29, 0.717) is 5.92 Å². The minimum Gasteiger partial charge on any atom is -0.310 e. The highest BCUT2D eigenvalue weighted by Crippen LogP contribution is 2.39. The summed E-state index contributed by atoms with van der Waals surface area (Å²) in [4.78, 5) is 5.96. The Morgan fingerprint density at radius 3 is 3.05 bits per heavy atom. The predicted molar refractivity (Wildman–Crippen MR) is 76.9 cm³/mol. The first-order valence-electron chi connectivity index (χ1n) is 6.61. The van der Waals surface area contributed by atoms with Crippen molar-refractivity contribution in [3.05, 3.63) is 39.5 Å². The molecule has 0 aliphatic heterocycles. The fourth-order valence-corrected chi connectivity index (χ4v) is 3.46. The molecule has 2 nitrogen and oxygen atoms in total. The molecule has 1 aromatic heterocycles. The van der Waals surface area contributed by atoms with Gasteiger partial charge >= 0.3 is 0 Å². The van der Waals surface area contributed by atoms with Crippen molar-refractivity contribution < 1.29 is 4.39 Å². The molecule has 0 amide bonds. The van der Waals surface area contributed by atoms with Gasteiger partial charge in [0.2, 0.25) is 0 Å². The van der Waals surface area contributed by atoms with Crippen LogP contribution < -0.4 is 5.32 Å². The fraction of sp³-hybridized carbons (Fsp3) is 0.400. The maximum atomic E-state index is 13.2. The second-order valence-corrected chi connectivity index (χ2v) is 6.55. The van der Waals surface area contributed by atoms with Crippen LogP contribution in [-0.2, 0) is 13.0 Å². The zero-order valence-corrected chi connectivity index (χ0v) is 12.0. The number of halogens is 1. The summed E-state index contributed by atoms with van der Waals surface area (Å²) >= 11 is 1.74. The molecule has 1 aliphatic carbocycles. The van der Waals surface area contributed by atoms with Crippen LogP contribution >= 0.6 is 11.3 Å². The number of nitrogens with one attached hydrogen (secondary N) is 1. The van der Waals surface area contributed by atoms with E-state index in [1.165, 1.54) is 10.9 Å². The molecule has 3 rings (SSSR count). The van der Waals surface area contributed by atoms with Crippen molar-refractivity contribution in [2.24, 2.45) is 5.92 Å². The minimum absolute atomic E-state index is 0.160. The first-order valence-corrected chi connectivity index (χ1v) is 7.43. The molecule has 0 bridgehead atoms. The molecular weight excluding hydrogens is 259 g/mol. The number of benzene rings is 1. The molecule has 0 saturated carbocycles. The Bertz CT molecular complexity index is 604. The van der Waals surface area contributed by atoms with Gasteiger partial charge in [-0.25, -0.2) is 9.37 Å². The summed E-state index contributed by atoms with van der Waals surface area (Å²) in [6.45, 7) is 6.22. The zero-order chi connectivity index (χ0) is 13.4. The molecule has 0 atom stereocenters. The summed E-state index contributed by atoms with van der Waals surface area (Å²) in [7, 11) is 0. The Labute approximate surface area is 116 Å². The summed E-state index contributed by atoms with van der Waals surface area (Å²) in [5, 5.41) is 4.54. The molecule has 1 aliphatic rings. The molecule has 4 heteroatoms. The summed E-state index contributed by atoms with van der Waals surface area (Å²) in [5.74, 6) is 0.489. The molecule has 1 heterocycles. The first kappa shape index (κ1) is 12.8. The topological polar surface area (TPSA) is 24.9 Å². The smallest absolute Gasteiger partial charge is 0.123 e. The number of thiazole rings is 1. The molecule has 0 unspecified atom stereocenters. The Kier molecular flexibility index (Phi) is 3.37. The lowest BCUT2D eigenvalue weighted by Gasteiger charge is -2.05. The van der Waals surface area contributed by atoms with Crippen LogP contribution in [0.5, 0.6) is 0 Å². The SMILES string of the molecule is CC(C)CNCc1nc2c(s1)Cc1cc(F)ccc1-2. The largest absolute Gasteiger partial charge is 0.310 e. The maximum Gasteiger partial charge on any atom is 0.123 e. The van der Waals surface area contributed by atoms with E-state index in [1.807, 2.05) is 6.07 Å². The normalized spacial score (nSPS) is 12.8. The average molecular weight is 276 g/mol. The van der Waals surface area contributed by atoms with Crippen LogP contribution in [0.1, 0.15) is 29.3 Å². The Hall–Kier alpha value is -1.26. The van der Waals surface area contributed by atoms with Crippen LogP contribution in [0.4, 0.5) is 4.39 Å². The van der Waals surface area contributed by atoms with Gasteiger partial charge in [-0.2, -0.15) is 0 Å². The predicted octanol–water partition coefficient (Wildman–Crippen LogP) is 3.60. The minimum atomic E-state index is -0.160. The van der Waals surface area contributed by atoms with Gasteiger partial charge in [0.1, 0.15) is 10.8 Å². The van der Waals surface area contributed by atoms with E-state index >= 15 is 0 Å². The van der Waals surface area contributed by atoms with Crippen LogP contribution in [0.2, 0.25) is 0 Å². The van der Waals surface area contributed by atoms with Crippen molar-refractivity contribution in [3.8, 4) is 11.3 Å². The van der Waals surface area contributed by atoms with Crippen LogP contribution in [0.3, 0.4) is 0 Å². The second-order valence-electron chi connectivity index (χ2n) is 5.38. The molecule has 0 spiro atoms. The van der Waals surface area contributed by atoms with Gasteiger partial charge in [-0.3, -0.25) is 0 Å². The van der Waals surface area contributed by atoms with Gasteiger partial charge in [0.05, 0.1) is 5.69 Å². The summed E-state index contributed by atoms with van der Waals surface area (Å²) < 4.78 is 13.2. The van der Waals surface area contributed by atoms with Gasteiger partial charge in [-0.05, 0) is 36.2 Å². The van der Waals surface area contributed by atoms with Crippen LogP contribution in [0.25, 0.3) is 11.3 Å². The third-order valence-electron chi connectivity index (χ3n) is 3.24. The maximum absolute atomic E-state index is 13.2. The lowest BCUT2D eigenvalue weighted by molar-refractivity contribution is 0.551. The van der Waals surface area contributed by atoms with Crippen molar-refractivity contribution in [2.75, 3.05) is 6.54 Å². The second kappa shape index (κ2) is 5.02. The van der Waals surface area contributed by atoms with Crippen LogP contribution in [-0.4, -0.2) is 11.5 Å². The molecule has 0 saturated heterocycles. The van der Waals surface area contributed by atoms with E-state index in [2.05, 4.69) is 19.2 Å². The molecular formula is C15H17FN2S.